The molecule has 0 aliphatic rings. The number of hydrogen-bond acceptors (Lipinski definition) is 2. The maximum Gasteiger partial charge on any atom is 0.177 e. The molecule has 0 spiro atoms. The molecule has 0 aliphatic heterocycles. The van der Waals surface area contributed by atoms with Gasteiger partial charge in [-0.3, -0.25) is 0 Å². The zero-order valence-electron chi connectivity index (χ0n) is 10.5. The second kappa shape index (κ2) is 4.49. The highest BCUT2D eigenvalue weighted by Gasteiger charge is 2.18. The van der Waals surface area contributed by atoms with E-state index in [4.69, 9.17) is 12.2 Å². The number of nitrogens with one attached hydrogen (secondary N) is 1. The first-order chi connectivity index (χ1) is 7.98. The second-order valence-electron chi connectivity index (χ2n) is 5.18. The number of imidazole rings is 2. The molecular weight excluding hydrogens is 232 g/mol. The van der Waals surface area contributed by atoms with Gasteiger partial charge in [0.2, 0.25) is 0 Å². The molecule has 1 N–H and O–H groups in total. The van der Waals surface area contributed by atoms with Crippen molar-refractivity contribution in [1.82, 2.24) is 19.1 Å². The summed E-state index contributed by atoms with van der Waals surface area (Å²) in [5.74, 6) is 0. The van der Waals surface area contributed by atoms with Gasteiger partial charge in [-0.05, 0) is 12.2 Å². The Balaban J connectivity index is 2.21. The highest BCUT2D eigenvalue weighted by molar-refractivity contribution is 7.71. The van der Waals surface area contributed by atoms with Crippen LogP contribution in [0.2, 0.25) is 0 Å². The number of rotatable bonds is 3. The number of H-pyrrole nitrogens is 1. The molecule has 0 saturated carbocycles. The number of hydrogen-bond donors (Lipinski definition) is 1. The Bertz CT molecular complexity index is 528. The maximum absolute atomic E-state index is 5.32. The van der Waals surface area contributed by atoms with Crippen molar-refractivity contribution in [2.75, 3.05) is 0 Å². The number of aryl methyl sites for hydroxylation is 1. The molecule has 0 fully saturated rings. The van der Waals surface area contributed by atoms with Crippen molar-refractivity contribution >= 4 is 12.2 Å². The Kier molecular flexibility index (Phi) is 3.19. The highest BCUT2D eigenvalue weighted by Crippen LogP contribution is 2.22. The van der Waals surface area contributed by atoms with Crippen LogP contribution in [0.4, 0.5) is 0 Å². The van der Waals surface area contributed by atoms with E-state index in [2.05, 4.69) is 39.9 Å². The summed E-state index contributed by atoms with van der Waals surface area (Å²) in [5, 5.41) is 0. The third-order valence-electron chi connectivity index (χ3n) is 2.78. The standard InChI is InChI=1S/C12H18N4S/c1-12(2,3)10-8-14-11(17)16(10)7-6-15-5-4-13-9-15/h4-5,8-9H,6-7H2,1-3H3,(H,14,17). The lowest BCUT2D eigenvalue weighted by Gasteiger charge is -2.20. The molecule has 2 aromatic rings. The van der Waals surface area contributed by atoms with Crippen LogP contribution in [-0.2, 0) is 18.5 Å². The molecule has 0 radical (unpaired) electrons. The Morgan fingerprint density at radius 1 is 1.35 bits per heavy atom. The zero-order valence-corrected chi connectivity index (χ0v) is 11.3. The summed E-state index contributed by atoms with van der Waals surface area (Å²) >= 11 is 5.32. The van der Waals surface area contributed by atoms with Crippen molar-refractivity contribution < 1.29 is 0 Å². The van der Waals surface area contributed by atoms with Crippen molar-refractivity contribution in [3.63, 3.8) is 0 Å². The van der Waals surface area contributed by atoms with Crippen LogP contribution in [0.3, 0.4) is 0 Å². The molecule has 2 aromatic heterocycles. The molecule has 0 saturated heterocycles. The molecule has 0 amide bonds. The summed E-state index contributed by atoms with van der Waals surface area (Å²) in [5.41, 5.74) is 1.34. The summed E-state index contributed by atoms with van der Waals surface area (Å²) in [6.45, 7) is 8.33. The van der Waals surface area contributed by atoms with Crippen molar-refractivity contribution in [3.05, 3.63) is 35.4 Å². The Hall–Kier alpha value is -1.36. The average Bonchev–Trinajstić information content (AvgIpc) is 2.83. The smallest absolute Gasteiger partial charge is 0.177 e. The first-order valence-electron chi connectivity index (χ1n) is 5.73. The van der Waals surface area contributed by atoms with Gasteiger partial charge in [0.15, 0.2) is 4.77 Å². The van der Waals surface area contributed by atoms with E-state index in [1.165, 1.54) is 5.69 Å². The van der Waals surface area contributed by atoms with Gasteiger partial charge in [-0.25, -0.2) is 4.98 Å². The highest BCUT2D eigenvalue weighted by atomic mass is 32.1. The van der Waals surface area contributed by atoms with Crippen LogP contribution in [0.15, 0.2) is 24.9 Å². The van der Waals surface area contributed by atoms with E-state index in [9.17, 15) is 0 Å². The first-order valence-corrected chi connectivity index (χ1v) is 6.14. The quantitative estimate of drug-likeness (QED) is 0.851. The summed E-state index contributed by atoms with van der Waals surface area (Å²) in [4.78, 5) is 7.16. The van der Waals surface area contributed by atoms with Gasteiger partial charge in [-0.2, -0.15) is 0 Å². The topological polar surface area (TPSA) is 38.5 Å². The van der Waals surface area contributed by atoms with E-state index in [1.54, 1.807) is 6.20 Å². The molecule has 0 aromatic carbocycles. The lowest BCUT2D eigenvalue weighted by atomic mass is 9.92. The zero-order chi connectivity index (χ0) is 12.5. The molecule has 92 valence electrons. The third kappa shape index (κ3) is 2.66. The monoisotopic (exact) mass is 250 g/mol. The molecule has 0 atom stereocenters. The summed E-state index contributed by atoms with van der Waals surface area (Å²) in [6.07, 6.45) is 7.59. The summed E-state index contributed by atoms with van der Waals surface area (Å²) in [6, 6.07) is 0. The molecule has 4 nitrogen and oxygen atoms in total. The average molecular weight is 250 g/mol. The molecule has 17 heavy (non-hydrogen) atoms. The molecule has 2 rings (SSSR count). The van der Waals surface area contributed by atoms with Gasteiger partial charge in [-0.1, -0.05) is 20.8 Å². The lowest BCUT2D eigenvalue weighted by Crippen LogP contribution is -2.19. The largest absolute Gasteiger partial charge is 0.337 e. The predicted molar refractivity (Wildman–Crippen MR) is 70.5 cm³/mol. The Labute approximate surface area is 106 Å². The van der Waals surface area contributed by atoms with Gasteiger partial charge in [0.25, 0.3) is 0 Å². The fourth-order valence-electron chi connectivity index (χ4n) is 1.87. The van der Waals surface area contributed by atoms with Crippen LogP contribution >= 0.6 is 12.2 Å². The predicted octanol–water partition coefficient (Wildman–Crippen LogP) is 2.74. The molecule has 0 bridgehead atoms. The third-order valence-corrected chi connectivity index (χ3v) is 3.12. The van der Waals surface area contributed by atoms with E-state index in [1.807, 2.05) is 18.7 Å². The van der Waals surface area contributed by atoms with Crippen LogP contribution in [0, 0.1) is 4.77 Å². The molecule has 2 heterocycles. The molecule has 0 aliphatic carbocycles. The SMILES string of the molecule is CC(C)(C)c1c[nH]c(=S)n1CCn1ccnc1. The maximum atomic E-state index is 5.32. The molecule has 0 unspecified atom stereocenters. The van der Waals surface area contributed by atoms with Crippen molar-refractivity contribution in [2.24, 2.45) is 0 Å². The second-order valence-corrected chi connectivity index (χ2v) is 5.57. The molecule has 5 heteroatoms. The van der Waals surface area contributed by atoms with Gasteiger partial charge < -0.3 is 14.1 Å². The lowest BCUT2D eigenvalue weighted by molar-refractivity contribution is 0.488. The van der Waals surface area contributed by atoms with Crippen molar-refractivity contribution in [3.8, 4) is 0 Å². The minimum atomic E-state index is 0.0997. The summed E-state index contributed by atoms with van der Waals surface area (Å²) in [7, 11) is 0. The Morgan fingerprint density at radius 2 is 2.12 bits per heavy atom. The van der Waals surface area contributed by atoms with E-state index in [0.29, 0.717) is 0 Å². The van der Waals surface area contributed by atoms with Crippen LogP contribution in [-0.4, -0.2) is 19.1 Å². The number of aromatic amines is 1. The van der Waals surface area contributed by atoms with Crippen LogP contribution in [0.25, 0.3) is 0 Å². The van der Waals surface area contributed by atoms with E-state index in [0.717, 1.165) is 17.9 Å². The van der Waals surface area contributed by atoms with Gasteiger partial charge in [0.1, 0.15) is 0 Å². The van der Waals surface area contributed by atoms with Crippen LogP contribution < -0.4 is 0 Å². The summed E-state index contributed by atoms with van der Waals surface area (Å²) < 4.78 is 5.01. The Morgan fingerprint density at radius 3 is 2.71 bits per heavy atom. The first kappa shape index (κ1) is 12.1. The molecular formula is C12H18N4S. The fraction of sp³-hybridized carbons (Fsp3) is 0.500. The van der Waals surface area contributed by atoms with Gasteiger partial charge in [0.05, 0.1) is 6.33 Å². The number of aromatic nitrogens is 4. The number of nitrogens with zero attached hydrogens (tertiary/aromatic N) is 3. The minimum absolute atomic E-state index is 0.0997. The van der Waals surface area contributed by atoms with Crippen LogP contribution in [0.5, 0.6) is 0 Å². The van der Waals surface area contributed by atoms with Crippen molar-refractivity contribution in [2.45, 2.75) is 39.3 Å². The van der Waals surface area contributed by atoms with Gasteiger partial charge >= 0.3 is 0 Å². The van der Waals surface area contributed by atoms with Gasteiger partial charge in [0, 0.05) is 42.8 Å². The van der Waals surface area contributed by atoms with Gasteiger partial charge in [-0.15, -0.1) is 0 Å². The normalized spacial score (nSPS) is 11.9. The van der Waals surface area contributed by atoms with E-state index < -0.39 is 0 Å². The fourth-order valence-corrected chi connectivity index (χ4v) is 2.12. The van der Waals surface area contributed by atoms with E-state index >= 15 is 0 Å². The minimum Gasteiger partial charge on any atom is -0.337 e. The van der Waals surface area contributed by atoms with Crippen LogP contribution in [0.1, 0.15) is 26.5 Å². The van der Waals surface area contributed by atoms with Crippen molar-refractivity contribution in [1.29, 1.82) is 0 Å². The van der Waals surface area contributed by atoms with E-state index in [-0.39, 0.29) is 5.41 Å².